The molecule has 1 rings (SSSR count). The minimum Gasteiger partial charge on any atom is -0.461 e. The van der Waals surface area contributed by atoms with Crippen molar-refractivity contribution in [3.63, 3.8) is 0 Å². The van der Waals surface area contributed by atoms with E-state index in [1.54, 1.807) is 41.5 Å². The lowest BCUT2D eigenvalue weighted by Crippen LogP contribution is -2.59. The molecule has 0 saturated heterocycles. The van der Waals surface area contributed by atoms with Crippen molar-refractivity contribution < 1.29 is 33.4 Å². The van der Waals surface area contributed by atoms with Crippen LogP contribution in [0.5, 0.6) is 0 Å². The molecule has 0 bridgehead atoms. The summed E-state index contributed by atoms with van der Waals surface area (Å²) in [6.45, 7) is 12.3. The molecule has 218 valence electrons. The standard InChI is InChI=1S/C28H44N4O7/c1-8-18(4)23(31-25(35)22(17(2)3)32-27(37)39-28(5,6)7)26(36)30-20(24(29)34)14-15-21(33)38-16-19-12-10-9-11-13-19/h9-13,17-18,20,22-23H,8,14-16H2,1-7H3,(H2,29,34)(H,30,36)(H,31,35)(H,32,37)/t18-,20+,22-,23-/m0/s1. The van der Waals surface area contributed by atoms with Crippen molar-refractivity contribution in [3.05, 3.63) is 35.9 Å². The van der Waals surface area contributed by atoms with Crippen LogP contribution >= 0.6 is 0 Å². The minimum absolute atomic E-state index is 0.0648. The highest BCUT2D eigenvalue weighted by Gasteiger charge is 2.33. The van der Waals surface area contributed by atoms with E-state index in [0.717, 1.165) is 5.56 Å². The van der Waals surface area contributed by atoms with Gasteiger partial charge in [0.05, 0.1) is 0 Å². The van der Waals surface area contributed by atoms with Gasteiger partial charge in [-0.1, -0.05) is 64.4 Å². The van der Waals surface area contributed by atoms with Gasteiger partial charge in [-0.15, -0.1) is 0 Å². The van der Waals surface area contributed by atoms with Crippen LogP contribution in [0.15, 0.2) is 30.3 Å². The average molecular weight is 549 g/mol. The number of esters is 1. The van der Waals surface area contributed by atoms with Crippen molar-refractivity contribution >= 4 is 29.8 Å². The lowest BCUT2D eigenvalue weighted by Gasteiger charge is -2.29. The van der Waals surface area contributed by atoms with E-state index >= 15 is 0 Å². The fourth-order valence-corrected chi connectivity index (χ4v) is 3.53. The second kappa shape index (κ2) is 15.7. The molecule has 0 aliphatic heterocycles. The van der Waals surface area contributed by atoms with Crippen LogP contribution in [-0.2, 0) is 35.3 Å². The Hall–Kier alpha value is -3.63. The highest BCUT2D eigenvalue weighted by Crippen LogP contribution is 2.13. The van der Waals surface area contributed by atoms with Crippen LogP contribution in [0.4, 0.5) is 4.79 Å². The molecule has 11 heteroatoms. The van der Waals surface area contributed by atoms with Crippen LogP contribution in [0, 0.1) is 11.8 Å². The maximum absolute atomic E-state index is 13.2. The highest BCUT2D eigenvalue weighted by molar-refractivity contribution is 5.94. The number of carbonyl (C=O) groups is 5. The van der Waals surface area contributed by atoms with E-state index in [4.69, 9.17) is 15.2 Å². The van der Waals surface area contributed by atoms with Crippen LogP contribution in [0.3, 0.4) is 0 Å². The quantitative estimate of drug-likeness (QED) is 0.259. The largest absolute Gasteiger partial charge is 0.461 e. The van der Waals surface area contributed by atoms with Gasteiger partial charge in [0, 0.05) is 6.42 Å². The first-order chi connectivity index (χ1) is 18.1. The third-order valence-corrected chi connectivity index (χ3v) is 5.95. The Labute approximate surface area is 230 Å². The Morgan fingerprint density at radius 3 is 2.00 bits per heavy atom. The smallest absolute Gasteiger partial charge is 0.408 e. The van der Waals surface area contributed by atoms with Gasteiger partial charge in [-0.2, -0.15) is 0 Å². The van der Waals surface area contributed by atoms with Crippen LogP contribution in [-0.4, -0.2) is 53.5 Å². The van der Waals surface area contributed by atoms with Crippen LogP contribution in [0.2, 0.25) is 0 Å². The molecule has 0 fully saturated rings. The summed E-state index contributed by atoms with van der Waals surface area (Å²) in [7, 11) is 0. The van der Waals surface area contributed by atoms with Crippen LogP contribution < -0.4 is 21.7 Å². The second-order valence-electron chi connectivity index (χ2n) is 10.9. The Morgan fingerprint density at radius 2 is 1.49 bits per heavy atom. The highest BCUT2D eigenvalue weighted by atomic mass is 16.6. The molecule has 11 nitrogen and oxygen atoms in total. The van der Waals surface area contributed by atoms with Crippen molar-refractivity contribution in [2.45, 2.75) is 98.1 Å². The molecular formula is C28H44N4O7. The first kappa shape index (κ1) is 33.4. The second-order valence-corrected chi connectivity index (χ2v) is 10.9. The van der Waals surface area contributed by atoms with E-state index in [2.05, 4.69) is 16.0 Å². The maximum Gasteiger partial charge on any atom is 0.408 e. The molecule has 5 N–H and O–H groups in total. The number of nitrogens with one attached hydrogen (secondary N) is 3. The molecule has 39 heavy (non-hydrogen) atoms. The lowest BCUT2D eigenvalue weighted by atomic mass is 9.96. The van der Waals surface area contributed by atoms with Gasteiger partial charge in [0.1, 0.15) is 30.3 Å². The number of benzene rings is 1. The van der Waals surface area contributed by atoms with E-state index < -0.39 is 53.5 Å². The van der Waals surface area contributed by atoms with E-state index in [-0.39, 0.29) is 31.3 Å². The lowest BCUT2D eigenvalue weighted by molar-refractivity contribution is -0.145. The zero-order valence-corrected chi connectivity index (χ0v) is 24.0. The molecule has 1 aromatic carbocycles. The summed E-state index contributed by atoms with van der Waals surface area (Å²) >= 11 is 0. The summed E-state index contributed by atoms with van der Waals surface area (Å²) in [6, 6.07) is 6.00. The molecule has 0 aliphatic carbocycles. The van der Waals surface area contributed by atoms with E-state index in [0.29, 0.717) is 6.42 Å². The summed E-state index contributed by atoms with van der Waals surface area (Å²) in [4.78, 5) is 62.8. The van der Waals surface area contributed by atoms with Gasteiger partial charge in [-0.3, -0.25) is 19.2 Å². The normalized spacial score (nSPS) is 14.4. The van der Waals surface area contributed by atoms with Gasteiger partial charge in [0.2, 0.25) is 17.7 Å². The van der Waals surface area contributed by atoms with E-state index in [1.807, 2.05) is 37.3 Å². The monoisotopic (exact) mass is 548 g/mol. The number of carbonyl (C=O) groups excluding carboxylic acids is 5. The predicted molar refractivity (Wildman–Crippen MR) is 146 cm³/mol. The first-order valence-corrected chi connectivity index (χ1v) is 13.2. The molecule has 0 aliphatic rings. The Kier molecular flexibility index (Phi) is 13.4. The molecule has 0 unspecified atom stereocenters. The maximum atomic E-state index is 13.2. The molecule has 0 radical (unpaired) electrons. The predicted octanol–water partition coefficient (Wildman–Crippen LogP) is 2.56. The zero-order valence-electron chi connectivity index (χ0n) is 24.0. The molecule has 4 atom stereocenters. The topological polar surface area (TPSA) is 166 Å². The van der Waals surface area contributed by atoms with Crippen molar-refractivity contribution in [1.29, 1.82) is 0 Å². The SMILES string of the molecule is CC[C@H](C)[C@H](NC(=O)[C@@H](NC(=O)OC(C)(C)C)C(C)C)C(=O)N[C@H](CCC(=O)OCc1ccccc1)C(N)=O. The number of amides is 4. The fraction of sp³-hybridized carbons (Fsp3) is 0.607. The first-order valence-electron chi connectivity index (χ1n) is 13.2. The van der Waals surface area contributed by atoms with Gasteiger partial charge in [-0.25, -0.2) is 4.79 Å². The molecule has 0 heterocycles. The minimum atomic E-state index is -1.15. The third-order valence-electron chi connectivity index (χ3n) is 5.95. The van der Waals surface area contributed by atoms with Crippen molar-refractivity contribution in [1.82, 2.24) is 16.0 Å². The summed E-state index contributed by atoms with van der Waals surface area (Å²) in [6.07, 6.45) is -0.424. The number of nitrogens with two attached hydrogens (primary N) is 1. The molecule has 0 saturated carbocycles. The van der Waals surface area contributed by atoms with Crippen molar-refractivity contribution in [3.8, 4) is 0 Å². The molecular weight excluding hydrogens is 504 g/mol. The van der Waals surface area contributed by atoms with Crippen LogP contribution in [0.25, 0.3) is 0 Å². The molecule has 0 aromatic heterocycles. The van der Waals surface area contributed by atoms with Gasteiger partial charge < -0.3 is 31.2 Å². The summed E-state index contributed by atoms with van der Waals surface area (Å²) in [5.74, 6) is -3.18. The van der Waals surface area contributed by atoms with E-state index in [9.17, 15) is 24.0 Å². The van der Waals surface area contributed by atoms with Gasteiger partial charge in [0.15, 0.2) is 0 Å². The number of hydrogen-bond acceptors (Lipinski definition) is 7. The summed E-state index contributed by atoms with van der Waals surface area (Å²) in [5.41, 5.74) is 5.55. The Morgan fingerprint density at radius 1 is 0.897 bits per heavy atom. The Balaban J connectivity index is 2.84. The van der Waals surface area contributed by atoms with Gasteiger partial charge >= 0.3 is 12.1 Å². The van der Waals surface area contributed by atoms with Crippen molar-refractivity contribution in [2.24, 2.45) is 17.6 Å². The van der Waals surface area contributed by atoms with E-state index in [1.165, 1.54) is 0 Å². The number of rotatable bonds is 14. The molecule has 4 amide bonds. The van der Waals surface area contributed by atoms with Crippen molar-refractivity contribution in [2.75, 3.05) is 0 Å². The summed E-state index contributed by atoms with van der Waals surface area (Å²) < 4.78 is 10.5. The number of ether oxygens (including phenoxy) is 2. The number of hydrogen-bond donors (Lipinski definition) is 4. The Bertz CT molecular complexity index is 976. The molecule has 0 spiro atoms. The third kappa shape index (κ3) is 12.6. The molecule has 1 aromatic rings. The number of primary amides is 1. The zero-order chi connectivity index (χ0) is 29.8. The summed E-state index contributed by atoms with van der Waals surface area (Å²) in [5, 5.41) is 7.82. The number of alkyl carbamates (subject to hydrolysis) is 1. The van der Waals surface area contributed by atoms with Gasteiger partial charge in [-0.05, 0) is 44.6 Å². The van der Waals surface area contributed by atoms with Gasteiger partial charge in [0.25, 0.3) is 0 Å². The average Bonchev–Trinajstić information content (AvgIpc) is 2.85. The fourth-order valence-electron chi connectivity index (χ4n) is 3.53. The van der Waals surface area contributed by atoms with Crippen LogP contribution in [0.1, 0.15) is 73.3 Å².